The molecule has 107 heavy (non-hydrogen) atoms. The number of allylic oxidation sites excluding steroid dienone is 1. The van der Waals surface area contributed by atoms with Gasteiger partial charge in [-0.1, -0.05) is 180 Å². The van der Waals surface area contributed by atoms with Gasteiger partial charge in [-0.2, -0.15) is 0 Å². The molecule has 0 bridgehead atoms. The number of nitrogens with one attached hydrogen (secondary N) is 3. The van der Waals surface area contributed by atoms with Gasteiger partial charge in [-0.05, 0) is 19.3 Å². The summed E-state index contributed by atoms with van der Waals surface area (Å²) in [5.74, 6) is -7.71. The first-order valence-electron chi connectivity index (χ1n) is 39.1. The van der Waals surface area contributed by atoms with E-state index in [1.54, 1.807) is 6.08 Å². The molecule has 5 saturated heterocycles. The zero-order valence-corrected chi connectivity index (χ0v) is 62.8. The molecule has 28 atom stereocenters. The number of carbonyl (C=O) groups is 4. The van der Waals surface area contributed by atoms with Crippen LogP contribution < -0.4 is 16.0 Å². The smallest absolute Gasteiger partial charge is 0.364 e. The van der Waals surface area contributed by atoms with Gasteiger partial charge in [0, 0.05) is 26.7 Å². The number of carboxylic acids is 1. The lowest BCUT2D eigenvalue weighted by Gasteiger charge is -2.52. The lowest BCUT2D eigenvalue weighted by molar-refractivity contribution is -0.403. The Morgan fingerprint density at radius 1 is 0.486 bits per heavy atom. The van der Waals surface area contributed by atoms with E-state index in [9.17, 15) is 106 Å². The van der Waals surface area contributed by atoms with Crippen molar-refractivity contribution in [2.24, 2.45) is 0 Å². The third-order valence-electron chi connectivity index (χ3n) is 20.6. The third kappa shape index (κ3) is 29.2. The van der Waals surface area contributed by atoms with Gasteiger partial charge in [0.1, 0.15) is 116 Å². The number of ether oxygens (including phenoxy) is 10. The maximum absolute atomic E-state index is 13.8. The summed E-state index contributed by atoms with van der Waals surface area (Å²) in [6, 6.07) is -4.81. The number of carboxylic acid groups (broad SMARTS) is 1. The molecule has 624 valence electrons. The van der Waals surface area contributed by atoms with Crippen LogP contribution in [0.3, 0.4) is 0 Å². The van der Waals surface area contributed by atoms with Crippen molar-refractivity contribution in [2.45, 2.75) is 385 Å². The number of unbranched alkanes of at least 4 members (excludes halogenated alkanes) is 25. The SMILES string of the molecule is CCCCCCCCCCCCC/C=C/[C@@H](O)[C@H](COC1OC(CO)C(OC2OC(CO)C(OC3OC(CO)C(O)C(OC4OC(CO)C(O)C(O)C4O)C3NC(C)=O)C(OC3(C(=O)O)CC(O)C(NC(C)=O)C(C(O)C(O)CO)O3)C2O)C(O)C1O)NC(=O)CCCCCCCCCCCCCCCCC. The molecule has 5 fully saturated rings. The van der Waals surface area contributed by atoms with E-state index >= 15 is 0 Å². The largest absolute Gasteiger partial charge is 0.477 e. The maximum atomic E-state index is 13.8. The van der Waals surface area contributed by atoms with Crippen LogP contribution in [0.1, 0.15) is 214 Å². The summed E-state index contributed by atoms with van der Waals surface area (Å²) >= 11 is 0. The van der Waals surface area contributed by atoms with E-state index < -0.39 is 235 Å². The first-order chi connectivity index (χ1) is 51.3. The van der Waals surface area contributed by atoms with Crippen LogP contribution in [0.5, 0.6) is 0 Å². The first-order valence-corrected chi connectivity index (χ1v) is 39.1. The fourth-order valence-electron chi connectivity index (χ4n) is 14.3. The van der Waals surface area contributed by atoms with Crippen LogP contribution >= 0.6 is 0 Å². The van der Waals surface area contributed by atoms with Crippen molar-refractivity contribution in [1.82, 2.24) is 16.0 Å². The van der Waals surface area contributed by atoms with Gasteiger partial charge in [0.25, 0.3) is 5.79 Å². The highest BCUT2D eigenvalue weighted by Gasteiger charge is 2.62. The number of hydrogen-bond donors (Lipinski definition) is 20. The molecule has 0 radical (unpaired) electrons. The molecule has 20 N–H and O–H groups in total. The first kappa shape index (κ1) is 94.2. The summed E-state index contributed by atoms with van der Waals surface area (Å²) in [5, 5.41) is 197. The van der Waals surface area contributed by atoms with Crippen LogP contribution in [0.25, 0.3) is 0 Å². The summed E-state index contributed by atoms with van der Waals surface area (Å²) in [6.45, 7) is 0.317. The Balaban J connectivity index is 1.40. The fraction of sp³-hybridized carbons (Fsp3) is 0.918. The highest BCUT2D eigenvalue weighted by Crippen LogP contribution is 2.41. The van der Waals surface area contributed by atoms with E-state index in [2.05, 4.69) is 29.8 Å². The van der Waals surface area contributed by atoms with E-state index in [1.807, 2.05) is 6.08 Å². The van der Waals surface area contributed by atoms with Gasteiger partial charge in [0.05, 0.1) is 63.9 Å². The zero-order valence-electron chi connectivity index (χ0n) is 62.8. The second kappa shape index (κ2) is 49.9. The Morgan fingerprint density at radius 2 is 0.925 bits per heavy atom. The Bertz CT molecular complexity index is 2500. The van der Waals surface area contributed by atoms with Crippen LogP contribution in [0, 0.1) is 0 Å². The van der Waals surface area contributed by atoms with Gasteiger partial charge in [-0.15, -0.1) is 0 Å². The maximum Gasteiger partial charge on any atom is 0.364 e. The molecular formula is C73H131N3O31. The lowest BCUT2D eigenvalue weighted by Crippen LogP contribution is -2.72. The average Bonchev–Trinajstić information content (AvgIpc) is 0.750. The molecular weight excluding hydrogens is 1410 g/mol. The molecule has 5 aliphatic heterocycles. The van der Waals surface area contributed by atoms with Crippen molar-refractivity contribution in [3.05, 3.63) is 12.2 Å². The molecule has 0 aromatic carbocycles. The van der Waals surface area contributed by atoms with Gasteiger partial charge in [-0.3, -0.25) is 14.4 Å². The second-order valence-electron chi connectivity index (χ2n) is 29.3. The molecule has 26 unspecified atom stereocenters. The number of amides is 3. The second-order valence-corrected chi connectivity index (χ2v) is 29.3. The molecule has 0 aliphatic carbocycles. The molecule has 5 heterocycles. The Hall–Kier alpha value is -3.42. The molecule has 3 amide bonds. The number of aliphatic carboxylic acids is 1. The van der Waals surface area contributed by atoms with Crippen molar-refractivity contribution in [2.75, 3.05) is 39.6 Å². The number of hydrogen-bond acceptors (Lipinski definition) is 30. The minimum atomic E-state index is -3.38. The topological polar surface area (TPSA) is 541 Å². The quantitative estimate of drug-likeness (QED) is 0.0255. The predicted octanol–water partition coefficient (Wildman–Crippen LogP) is -1.04. The molecule has 0 spiro atoms. The van der Waals surface area contributed by atoms with E-state index in [0.717, 1.165) is 71.6 Å². The zero-order chi connectivity index (χ0) is 78.8. The highest BCUT2D eigenvalue weighted by atomic mass is 16.8. The van der Waals surface area contributed by atoms with Gasteiger partial charge in [0.2, 0.25) is 17.7 Å². The van der Waals surface area contributed by atoms with Crippen LogP contribution in [-0.4, -0.2) is 321 Å². The van der Waals surface area contributed by atoms with Crippen molar-refractivity contribution in [3.63, 3.8) is 0 Å². The molecule has 5 aliphatic rings. The molecule has 34 heteroatoms. The van der Waals surface area contributed by atoms with Crippen LogP contribution in [0.15, 0.2) is 12.2 Å². The van der Waals surface area contributed by atoms with E-state index in [-0.39, 0.29) is 12.3 Å². The van der Waals surface area contributed by atoms with Crippen LogP contribution in [0.4, 0.5) is 0 Å². The van der Waals surface area contributed by atoms with E-state index in [1.165, 1.54) is 103 Å². The average molecular weight is 1550 g/mol. The van der Waals surface area contributed by atoms with E-state index in [0.29, 0.717) is 12.8 Å². The standard InChI is InChI=1S/C73H131N3O31/c1-5-7-9-11-13-15-17-19-20-22-24-26-28-30-32-34-52(87)76-44(45(84)33-31-29-27-25-23-21-18-16-14-12-10-8-6-2)41-98-69-61(94)59(92)63(50(39-80)101-69)103-71-62(95)67(107-73(72(96)97)35-46(85)53(74-42(3)82)66(106-73)55(88)47(86)36-77)64(51(40-81)102-71)104-68-54(75-43(4)83)65(57(90)49(38-79)99-68)105-70-60(93)58(91)56(89)48(37-78)100-70/h31,33,44-51,53-71,77-81,84-86,88-95H,5-30,32,34-41H2,1-4H3,(H,74,82)(H,75,83)(H,76,87)(H,96,97)/b33-31+/t44-,45+,46?,47?,48?,49?,50?,51?,53?,54?,55?,56?,57?,58?,59?,60?,61?,62?,63?,64?,65?,66?,67?,68?,69?,70?,71?,73?/m0/s1. The number of rotatable bonds is 52. The summed E-state index contributed by atoms with van der Waals surface area (Å²) in [7, 11) is 0. The van der Waals surface area contributed by atoms with Crippen molar-refractivity contribution < 1.29 is 153 Å². The Kier molecular flexibility index (Phi) is 44.0. The third-order valence-corrected chi connectivity index (χ3v) is 20.6. The van der Waals surface area contributed by atoms with Crippen LogP contribution in [0.2, 0.25) is 0 Å². The van der Waals surface area contributed by atoms with Crippen LogP contribution in [-0.2, 0) is 66.5 Å². The number of aliphatic hydroxyl groups excluding tert-OH is 16. The molecule has 0 aromatic rings. The molecule has 34 nitrogen and oxygen atoms in total. The predicted molar refractivity (Wildman–Crippen MR) is 378 cm³/mol. The van der Waals surface area contributed by atoms with Gasteiger partial charge in [-0.25, -0.2) is 4.79 Å². The summed E-state index contributed by atoms with van der Waals surface area (Å²) < 4.78 is 60.1. The Labute approximate surface area is 627 Å². The number of carbonyl (C=O) groups excluding carboxylic acids is 3. The monoisotopic (exact) mass is 1550 g/mol. The highest BCUT2D eigenvalue weighted by molar-refractivity contribution is 5.77. The number of aliphatic hydroxyl groups is 16. The van der Waals surface area contributed by atoms with Gasteiger partial charge in [0.15, 0.2) is 25.2 Å². The summed E-state index contributed by atoms with van der Waals surface area (Å²) in [5.41, 5.74) is 0. The lowest BCUT2D eigenvalue weighted by atomic mass is 9.88. The Morgan fingerprint density at radius 3 is 1.44 bits per heavy atom. The fourth-order valence-corrected chi connectivity index (χ4v) is 14.3. The van der Waals surface area contributed by atoms with Crippen molar-refractivity contribution >= 4 is 23.7 Å². The van der Waals surface area contributed by atoms with Gasteiger partial charge >= 0.3 is 5.97 Å². The minimum Gasteiger partial charge on any atom is -0.477 e. The van der Waals surface area contributed by atoms with Gasteiger partial charge < -0.3 is 150 Å². The normalized spacial score (nSPS) is 34.6. The van der Waals surface area contributed by atoms with Crippen molar-refractivity contribution in [1.29, 1.82) is 0 Å². The summed E-state index contributed by atoms with van der Waals surface area (Å²) in [6.07, 6.45) is -16.8. The summed E-state index contributed by atoms with van der Waals surface area (Å²) in [4.78, 5) is 53.0. The minimum absolute atomic E-state index is 0.135. The van der Waals surface area contributed by atoms with E-state index in [4.69, 9.17) is 47.4 Å². The molecule has 0 saturated carbocycles. The molecule has 0 aromatic heterocycles. The van der Waals surface area contributed by atoms with Crippen molar-refractivity contribution in [3.8, 4) is 0 Å². The molecule has 5 rings (SSSR count).